The zero-order valence-corrected chi connectivity index (χ0v) is 19.9. The molecule has 0 bridgehead atoms. The van der Waals surface area contributed by atoms with Crippen molar-refractivity contribution in [1.82, 2.24) is 24.8 Å². The Morgan fingerprint density at radius 1 is 1.25 bits per heavy atom. The highest BCUT2D eigenvalue weighted by Gasteiger charge is 2.25. The first-order chi connectivity index (χ1) is 17.4. The van der Waals surface area contributed by atoms with Gasteiger partial charge in [0.2, 0.25) is 0 Å². The molecule has 36 heavy (non-hydrogen) atoms. The molecule has 2 aromatic heterocycles. The van der Waals surface area contributed by atoms with Gasteiger partial charge in [-0.3, -0.25) is 19.2 Å². The first-order valence-electron chi connectivity index (χ1n) is 12.0. The Morgan fingerprint density at radius 3 is 2.78 bits per heavy atom. The number of nitro groups is 1. The van der Waals surface area contributed by atoms with E-state index in [0.29, 0.717) is 37.5 Å². The Morgan fingerprint density at radius 2 is 2.08 bits per heavy atom. The summed E-state index contributed by atoms with van der Waals surface area (Å²) in [5.41, 5.74) is 2.33. The van der Waals surface area contributed by atoms with Crippen LogP contribution in [0.1, 0.15) is 48.1 Å². The van der Waals surface area contributed by atoms with E-state index < -0.39 is 16.6 Å². The second kappa shape index (κ2) is 10.0. The molecule has 5 rings (SSSR count). The number of fused-ring (bicyclic) bond motifs is 1. The van der Waals surface area contributed by atoms with E-state index in [4.69, 9.17) is 4.74 Å². The summed E-state index contributed by atoms with van der Waals surface area (Å²) in [6, 6.07) is 8.72. The summed E-state index contributed by atoms with van der Waals surface area (Å²) in [6.45, 7) is 4.21. The van der Waals surface area contributed by atoms with Crippen molar-refractivity contribution in [2.45, 2.75) is 44.8 Å². The number of pyridine rings is 1. The minimum Gasteiger partial charge on any atom is -0.444 e. The number of amides is 1. The van der Waals surface area contributed by atoms with Crippen molar-refractivity contribution in [1.29, 1.82) is 0 Å². The molecule has 1 aliphatic heterocycles. The molecule has 1 N–H and O–H groups in total. The molecule has 0 radical (unpaired) electrons. The van der Waals surface area contributed by atoms with Crippen molar-refractivity contribution in [3.05, 3.63) is 69.8 Å². The number of ether oxygens (including phenoxy) is 1. The maximum atomic E-state index is 14.3. The average Bonchev–Trinajstić information content (AvgIpc) is 3.24. The van der Waals surface area contributed by atoms with E-state index in [9.17, 15) is 19.3 Å². The van der Waals surface area contributed by atoms with Crippen LogP contribution in [0, 0.1) is 15.9 Å². The van der Waals surface area contributed by atoms with Gasteiger partial charge < -0.3 is 20.2 Å². The lowest BCUT2D eigenvalue weighted by Crippen LogP contribution is -2.39. The van der Waals surface area contributed by atoms with Crippen molar-refractivity contribution < 1.29 is 18.8 Å². The fourth-order valence-electron chi connectivity index (χ4n) is 4.45. The van der Waals surface area contributed by atoms with Crippen molar-refractivity contribution in [2.75, 3.05) is 19.7 Å². The monoisotopic (exact) mass is 494 g/mol. The molecule has 2 aliphatic rings. The lowest BCUT2D eigenvalue weighted by molar-refractivity contribution is -0.389. The maximum Gasteiger partial charge on any atom is 0.414 e. The van der Waals surface area contributed by atoms with Gasteiger partial charge in [0.1, 0.15) is 18.6 Å². The number of imidazole rings is 1. The summed E-state index contributed by atoms with van der Waals surface area (Å²) < 4.78 is 21.7. The predicted octanol–water partition coefficient (Wildman–Crippen LogP) is 3.73. The van der Waals surface area contributed by atoms with Crippen LogP contribution in [-0.2, 0) is 6.54 Å². The van der Waals surface area contributed by atoms with E-state index in [1.165, 1.54) is 12.3 Å². The maximum absolute atomic E-state index is 14.3. The third kappa shape index (κ3) is 4.92. The predicted molar refractivity (Wildman–Crippen MR) is 129 cm³/mol. The zero-order chi connectivity index (χ0) is 25.2. The van der Waals surface area contributed by atoms with Crippen LogP contribution < -0.4 is 10.1 Å². The Labute approximate surface area is 207 Å². The van der Waals surface area contributed by atoms with Gasteiger partial charge in [-0.25, -0.2) is 4.39 Å². The second-order valence-electron chi connectivity index (χ2n) is 9.17. The minimum atomic E-state index is -0.550. The summed E-state index contributed by atoms with van der Waals surface area (Å²) in [7, 11) is 0. The van der Waals surface area contributed by atoms with E-state index in [2.05, 4.69) is 27.1 Å². The third-order valence-corrected chi connectivity index (χ3v) is 6.92. The number of aromatic nitrogens is 3. The van der Waals surface area contributed by atoms with Crippen molar-refractivity contribution in [2.24, 2.45) is 0 Å². The molecule has 1 atom stereocenters. The number of carbonyl (C=O) groups is 1. The zero-order valence-electron chi connectivity index (χ0n) is 19.9. The largest absolute Gasteiger partial charge is 0.444 e. The quantitative estimate of drug-likeness (QED) is 0.410. The molecule has 10 nitrogen and oxygen atoms in total. The first kappa shape index (κ1) is 23.9. The minimum absolute atomic E-state index is 0.0206. The van der Waals surface area contributed by atoms with Crippen molar-refractivity contribution >= 4 is 11.7 Å². The van der Waals surface area contributed by atoms with Crippen molar-refractivity contribution in [3.8, 4) is 17.3 Å². The van der Waals surface area contributed by atoms with Crippen LogP contribution in [0.5, 0.6) is 6.01 Å². The molecular formula is C25H27FN6O4. The van der Waals surface area contributed by atoms with E-state index in [0.717, 1.165) is 24.8 Å². The van der Waals surface area contributed by atoms with Gasteiger partial charge in [0, 0.05) is 48.5 Å². The van der Waals surface area contributed by atoms with Crippen LogP contribution in [0.4, 0.5) is 10.2 Å². The highest BCUT2D eigenvalue weighted by atomic mass is 19.1. The SMILES string of the molecule is CC(c1ccc(-c2ccc(F)c(C(=O)NC3CCC3)c2)nc1)N1CCOc2nc([N+](=O)[O-])cn2CC1. The van der Waals surface area contributed by atoms with Gasteiger partial charge in [-0.15, -0.1) is 0 Å². The normalized spacial score (nSPS) is 17.2. The molecule has 1 unspecified atom stereocenters. The van der Waals surface area contributed by atoms with Crippen LogP contribution in [0.2, 0.25) is 0 Å². The van der Waals surface area contributed by atoms with Gasteiger partial charge >= 0.3 is 11.8 Å². The molecule has 11 heteroatoms. The fourth-order valence-corrected chi connectivity index (χ4v) is 4.45. The lowest BCUT2D eigenvalue weighted by Gasteiger charge is -2.30. The summed E-state index contributed by atoms with van der Waals surface area (Å²) in [4.78, 5) is 33.7. The molecule has 188 valence electrons. The summed E-state index contributed by atoms with van der Waals surface area (Å²) >= 11 is 0. The number of rotatable bonds is 6. The highest BCUT2D eigenvalue weighted by molar-refractivity contribution is 5.95. The highest BCUT2D eigenvalue weighted by Crippen LogP contribution is 2.27. The Hall–Kier alpha value is -3.86. The molecule has 1 amide bonds. The number of hydrogen-bond donors (Lipinski definition) is 1. The summed E-state index contributed by atoms with van der Waals surface area (Å²) in [5.74, 6) is -1.17. The van der Waals surface area contributed by atoms with Gasteiger partial charge in [-0.1, -0.05) is 6.07 Å². The number of benzene rings is 1. The molecule has 3 aromatic rings. The van der Waals surface area contributed by atoms with Crippen LogP contribution in [0.25, 0.3) is 11.3 Å². The van der Waals surface area contributed by atoms with Gasteiger partial charge in [-0.2, -0.15) is 0 Å². The molecule has 1 saturated carbocycles. The van der Waals surface area contributed by atoms with Gasteiger partial charge in [0.15, 0.2) is 0 Å². The smallest absolute Gasteiger partial charge is 0.414 e. The van der Waals surface area contributed by atoms with E-state index >= 15 is 0 Å². The lowest BCUT2D eigenvalue weighted by atomic mass is 9.93. The molecule has 1 aliphatic carbocycles. The Balaban J connectivity index is 1.28. The topological polar surface area (TPSA) is 115 Å². The Bertz CT molecular complexity index is 1270. The van der Waals surface area contributed by atoms with Crippen LogP contribution in [0.15, 0.2) is 42.7 Å². The second-order valence-corrected chi connectivity index (χ2v) is 9.17. The number of nitrogens with one attached hydrogen (secondary N) is 1. The van der Waals surface area contributed by atoms with Crippen LogP contribution in [0.3, 0.4) is 0 Å². The number of halogens is 1. The molecule has 1 aromatic carbocycles. The summed E-state index contributed by atoms with van der Waals surface area (Å²) in [5, 5.41) is 13.9. The number of hydrogen-bond acceptors (Lipinski definition) is 7. The first-order valence-corrected chi connectivity index (χ1v) is 12.0. The third-order valence-electron chi connectivity index (χ3n) is 6.92. The average molecular weight is 495 g/mol. The number of carbonyl (C=O) groups excluding carboxylic acids is 1. The van der Waals surface area contributed by atoms with Gasteiger partial charge in [0.05, 0.1) is 11.3 Å². The van der Waals surface area contributed by atoms with Gasteiger partial charge in [0.25, 0.3) is 5.91 Å². The van der Waals surface area contributed by atoms with E-state index in [-0.39, 0.29) is 29.5 Å². The van der Waals surface area contributed by atoms with Crippen LogP contribution >= 0.6 is 0 Å². The molecule has 1 fully saturated rings. The van der Waals surface area contributed by atoms with Crippen LogP contribution in [-0.4, -0.2) is 56.0 Å². The standard InChI is InChI=1S/C25H27FN6O4/c1-16(30-9-10-31-15-23(32(34)35)29-25(31)36-12-11-30)18-6-8-22(27-14-18)17-5-7-21(26)20(13-17)24(33)28-19-3-2-4-19/h5-8,13-16,19H,2-4,9-12H2,1H3,(H,28,33). The van der Waals surface area contributed by atoms with Gasteiger partial charge in [-0.05, 0) is 60.9 Å². The van der Waals surface area contributed by atoms with Crippen molar-refractivity contribution in [3.63, 3.8) is 0 Å². The summed E-state index contributed by atoms with van der Waals surface area (Å²) in [6.07, 6.45) is 6.12. The molecule has 0 spiro atoms. The molecule has 3 heterocycles. The molecule has 0 saturated heterocycles. The van der Waals surface area contributed by atoms with E-state index in [1.54, 1.807) is 22.9 Å². The Kier molecular flexibility index (Phi) is 6.64. The molecular weight excluding hydrogens is 467 g/mol. The fraction of sp³-hybridized carbons (Fsp3) is 0.400. The van der Waals surface area contributed by atoms with E-state index in [1.807, 2.05) is 12.1 Å². The number of nitrogens with zero attached hydrogens (tertiary/aromatic N) is 5.